The molecule has 0 saturated heterocycles. The van der Waals surface area contributed by atoms with Crippen molar-refractivity contribution in [2.24, 2.45) is 0 Å². The Morgan fingerprint density at radius 2 is 0.833 bits per heavy atom. The monoisotopic (exact) mass is 324 g/mol. The Labute approximate surface area is 123 Å². The summed E-state index contributed by atoms with van der Waals surface area (Å²) < 4.78 is 31.6. The molecule has 0 atom stereocenters. The summed E-state index contributed by atoms with van der Waals surface area (Å²) in [5.41, 5.74) is 0. The number of rotatable bonds is 9. The minimum Gasteiger partial charge on any atom is -0.264 e. The van der Waals surface area contributed by atoms with Crippen LogP contribution in [0, 0.1) is 0 Å². The van der Waals surface area contributed by atoms with Gasteiger partial charge in [0.05, 0.1) is 0 Å². The van der Waals surface area contributed by atoms with Gasteiger partial charge in [0.2, 0.25) is 0 Å². The molecule has 18 heavy (non-hydrogen) atoms. The van der Waals surface area contributed by atoms with Crippen molar-refractivity contribution in [3.63, 3.8) is 0 Å². The summed E-state index contributed by atoms with van der Waals surface area (Å²) in [5, 5.41) is 0. The maximum atomic E-state index is 8.74. The maximum Gasteiger partial charge on any atom is 0.394 e. The van der Waals surface area contributed by atoms with Crippen LogP contribution in [0.2, 0.25) is 0 Å². The molecule has 2 N–H and O–H groups in total. The van der Waals surface area contributed by atoms with Gasteiger partial charge in [-0.3, -0.25) is 9.11 Å². The SMILES string of the molecule is CCCCCCCCCCCC.O=S(=O)(O)O.[Fe]. The van der Waals surface area contributed by atoms with E-state index in [-0.39, 0.29) is 17.1 Å². The van der Waals surface area contributed by atoms with Crippen molar-refractivity contribution < 1.29 is 34.6 Å². The summed E-state index contributed by atoms with van der Waals surface area (Å²) in [4.78, 5) is 0. The predicted molar refractivity (Wildman–Crippen MR) is 71.7 cm³/mol. The third kappa shape index (κ3) is 44.0. The Bertz CT molecular complexity index is 212. The first-order valence-electron chi connectivity index (χ1n) is 6.61. The van der Waals surface area contributed by atoms with Crippen molar-refractivity contribution in [2.45, 2.75) is 78.1 Å². The molecule has 0 aliphatic heterocycles. The Balaban J connectivity index is -0.000000321. The predicted octanol–water partition coefficient (Wildman–Crippen LogP) is 4.27. The fraction of sp³-hybridized carbons (Fsp3) is 1.00. The summed E-state index contributed by atoms with van der Waals surface area (Å²) in [5.74, 6) is 0. The van der Waals surface area contributed by atoms with Crippen LogP contribution in [0.1, 0.15) is 78.1 Å². The first-order chi connectivity index (χ1) is 7.91. The van der Waals surface area contributed by atoms with Gasteiger partial charge in [0.1, 0.15) is 0 Å². The summed E-state index contributed by atoms with van der Waals surface area (Å²) in [6.45, 7) is 4.56. The molecule has 0 amide bonds. The van der Waals surface area contributed by atoms with Gasteiger partial charge >= 0.3 is 10.4 Å². The van der Waals surface area contributed by atoms with Crippen molar-refractivity contribution in [1.29, 1.82) is 0 Å². The van der Waals surface area contributed by atoms with E-state index in [4.69, 9.17) is 17.5 Å². The van der Waals surface area contributed by atoms with Gasteiger partial charge in [-0.05, 0) is 0 Å². The van der Waals surface area contributed by atoms with Crippen LogP contribution >= 0.6 is 0 Å². The third-order valence-corrected chi connectivity index (χ3v) is 2.46. The largest absolute Gasteiger partial charge is 0.394 e. The average molecular weight is 324 g/mol. The van der Waals surface area contributed by atoms with Gasteiger partial charge in [-0.1, -0.05) is 78.1 Å². The quantitative estimate of drug-likeness (QED) is 0.377. The normalized spacial score (nSPS) is 10.2. The molecule has 0 fully saturated rings. The van der Waals surface area contributed by atoms with Crippen LogP contribution in [0.5, 0.6) is 0 Å². The zero-order chi connectivity index (χ0) is 13.6. The molecule has 0 radical (unpaired) electrons. The van der Waals surface area contributed by atoms with Gasteiger partial charge in [-0.25, -0.2) is 0 Å². The summed E-state index contributed by atoms with van der Waals surface area (Å²) in [6.07, 6.45) is 14.4. The van der Waals surface area contributed by atoms with E-state index < -0.39 is 10.4 Å². The first kappa shape index (κ1) is 23.5. The molecular weight excluding hydrogens is 296 g/mol. The average Bonchev–Trinajstić information content (AvgIpc) is 2.20. The maximum absolute atomic E-state index is 8.74. The fourth-order valence-electron chi connectivity index (χ4n) is 1.56. The molecule has 0 unspecified atom stereocenters. The van der Waals surface area contributed by atoms with Gasteiger partial charge < -0.3 is 0 Å². The van der Waals surface area contributed by atoms with Crippen LogP contribution in [0.3, 0.4) is 0 Å². The van der Waals surface area contributed by atoms with Gasteiger partial charge in [0.25, 0.3) is 0 Å². The van der Waals surface area contributed by atoms with E-state index in [2.05, 4.69) is 13.8 Å². The van der Waals surface area contributed by atoms with Crippen molar-refractivity contribution in [2.75, 3.05) is 0 Å². The van der Waals surface area contributed by atoms with Crippen LogP contribution in [0.25, 0.3) is 0 Å². The molecule has 0 aromatic carbocycles. The Kier molecular flexibility index (Phi) is 22.7. The van der Waals surface area contributed by atoms with Crippen LogP contribution in [-0.2, 0) is 27.5 Å². The minimum atomic E-state index is -4.67. The number of hydrogen-bond donors (Lipinski definition) is 2. The van der Waals surface area contributed by atoms with Gasteiger partial charge in [0, 0.05) is 17.1 Å². The summed E-state index contributed by atoms with van der Waals surface area (Å²) in [6, 6.07) is 0. The van der Waals surface area contributed by atoms with Crippen molar-refractivity contribution >= 4 is 10.4 Å². The van der Waals surface area contributed by atoms with Crippen LogP contribution in [0.15, 0.2) is 0 Å². The molecular formula is C12H28FeO4S. The second-order valence-corrected chi connectivity index (χ2v) is 5.17. The molecule has 0 heterocycles. The fourth-order valence-corrected chi connectivity index (χ4v) is 1.56. The Hall–Kier alpha value is 0.389. The van der Waals surface area contributed by atoms with Gasteiger partial charge in [0.15, 0.2) is 0 Å². The van der Waals surface area contributed by atoms with Gasteiger partial charge in [-0.15, -0.1) is 0 Å². The standard InChI is InChI=1S/C12H26.Fe.H2O4S/c1-3-5-7-9-11-12-10-8-6-4-2;;1-5(2,3)4/h3-12H2,1-2H3;;(H2,1,2,3,4). The van der Waals surface area contributed by atoms with Crippen molar-refractivity contribution in [3.8, 4) is 0 Å². The summed E-state index contributed by atoms with van der Waals surface area (Å²) in [7, 11) is -4.67. The number of unbranched alkanes of at least 4 members (excludes halogenated alkanes) is 9. The minimum absolute atomic E-state index is 0. The zero-order valence-corrected chi connectivity index (χ0v) is 13.5. The topological polar surface area (TPSA) is 74.6 Å². The molecule has 0 spiro atoms. The molecule has 114 valence electrons. The molecule has 0 aliphatic carbocycles. The molecule has 0 aromatic rings. The zero-order valence-electron chi connectivity index (χ0n) is 11.5. The van der Waals surface area contributed by atoms with Crippen LogP contribution in [-0.4, -0.2) is 17.5 Å². The van der Waals surface area contributed by atoms with E-state index in [0.717, 1.165) is 0 Å². The van der Waals surface area contributed by atoms with Crippen LogP contribution in [0.4, 0.5) is 0 Å². The molecule has 0 bridgehead atoms. The van der Waals surface area contributed by atoms with Crippen molar-refractivity contribution in [1.82, 2.24) is 0 Å². The first-order valence-corrected chi connectivity index (χ1v) is 8.01. The van der Waals surface area contributed by atoms with E-state index in [0.29, 0.717) is 0 Å². The Morgan fingerprint density at radius 1 is 0.667 bits per heavy atom. The Morgan fingerprint density at radius 3 is 1.00 bits per heavy atom. The summed E-state index contributed by atoms with van der Waals surface area (Å²) >= 11 is 0. The second kappa shape index (κ2) is 17.4. The number of hydrogen-bond acceptors (Lipinski definition) is 2. The molecule has 0 aromatic heterocycles. The van der Waals surface area contributed by atoms with E-state index in [1.807, 2.05) is 0 Å². The van der Waals surface area contributed by atoms with E-state index in [1.165, 1.54) is 64.2 Å². The smallest absolute Gasteiger partial charge is 0.264 e. The molecule has 4 nitrogen and oxygen atoms in total. The van der Waals surface area contributed by atoms with E-state index >= 15 is 0 Å². The van der Waals surface area contributed by atoms with Crippen molar-refractivity contribution in [3.05, 3.63) is 0 Å². The molecule has 0 saturated carbocycles. The molecule has 0 aliphatic rings. The third-order valence-electron chi connectivity index (χ3n) is 2.46. The van der Waals surface area contributed by atoms with E-state index in [1.54, 1.807) is 0 Å². The van der Waals surface area contributed by atoms with E-state index in [9.17, 15) is 0 Å². The van der Waals surface area contributed by atoms with Gasteiger partial charge in [-0.2, -0.15) is 8.42 Å². The molecule has 6 heteroatoms. The molecule has 0 rings (SSSR count). The van der Waals surface area contributed by atoms with Crippen LogP contribution < -0.4 is 0 Å². The second-order valence-electron chi connectivity index (χ2n) is 4.28.